The Hall–Kier alpha value is -1.08. The van der Waals surface area contributed by atoms with Crippen molar-refractivity contribution in [2.75, 3.05) is 5.33 Å². The van der Waals surface area contributed by atoms with Crippen LogP contribution in [0.15, 0.2) is 42.5 Å². The van der Waals surface area contributed by atoms with Gasteiger partial charge in [0.25, 0.3) is 0 Å². The average Bonchev–Trinajstić information content (AvgIpc) is 2.36. The predicted molar refractivity (Wildman–Crippen MR) is 87.3 cm³/mol. The van der Waals surface area contributed by atoms with E-state index in [-0.39, 0.29) is 0 Å². The Kier molecular flexibility index (Phi) is 4.81. The lowest BCUT2D eigenvalue weighted by molar-refractivity contribution is 0.768. The van der Waals surface area contributed by atoms with E-state index in [0.717, 1.165) is 11.8 Å². The molecule has 2 aromatic rings. The number of alkyl halides is 1. The zero-order valence-corrected chi connectivity index (χ0v) is 13.5. The molecule has 1 atom stereocenters. The van der Waals surface area contributed by atoms with Crippen LogP contribution in [0.4, 0.5) is 0 Å². The Morgan fingerprint density at radius 1 is 0.947 bits per heavy atom. The summed E-state index contributed by atoms with van der Waals surface area (Å²) in [5.41, 5.74) is 6.99. The van der Waals surface area contributed by atoms with Crippen LogP contribution < -0.4 is 0 Å². The second kappa shape index (κ2) is 6.38. The lowest BCUT2D eigenvalue weighted by Gasteiger charge is -2.17. The minimum absolute atomic E-state index is 0.544. The molecular formula is C18H21Br. The topological polar surface area (TPSA) is 0 Å². The summed E-state index contributed by atoms with van der Waals surface area (Å²) in [6, 6.07) is 15.6. The molecule has 0 nitrogen and oxygen atoms in total. The molecule has 0 aliphatic heterocycles. The van der Waals surface area contributed by atoms with Crippen molar-refractivity contribution in [2.24, 2.45) is 0 Å². The standard InChI is InChI=1S/C18H21Br/c1-13-8-14(2)10-16(9-13)11-17(12-19)18-7-5-4-6-15(18)3/h4-10,17H,11-12H2,1-3H3. The van der Waals surface area contributed by atoms with E-state index in [1.165, 1.54) is 27.8 Å². The molecule has 0 bridgehead atoms. The van der Waals surface area contributed by atoms with Gasteiger partial charge in [-0.15, -0.1) is 0 Å². The molecule has 0 N–H and O–H groups in total. The van der Waals surface area contributed by atoms with Crippen LogP contribution in [0, 0.1) is 20.8 Å². The van der Waals surface area contributed by atoms with Crippen LogP contribution >= 0.6 is 15.9 Å². The largest absolute Gasteiger partial charge is 0.0921 e. The molecule has 0 aromatic heterocycles. The Morgan fingerprint density at radius 3 is 2.16 bits per heavy atom. The van der Waals surface area contributed by atoms with Crippen LogP contribution in [0.2, 0.25) is 0 Å². The molecule has 0 heterocycles. The molecule has 100 valence electrons. The third-order valence-electron chi connectivity index (χ3n) is 3.58. The fourth-order valence-corrected chi connectivity index (χ4v) is 3.34. The van der Waals surface area contributed by atoms with Gasteiger partial charge in [0.15, 0.2) is 0 Å². The van der Waals surface area contributed by atoms with E-state index in [2.05, 4.69) is 79.2 Å². The van der Waals surface area contributed by atoms with Crippen LogP contribution in [0.5, 0.6) is 0 Å². The van der Waals surface area contributed by atoms with Gasteiger partial charge < -0.3 is 0 Å². The molecule has 2 rings (SSSR count). The molecule has 0 spiro atoms. The lowest BCUT2D eigenvalue weighted by atomic mass is 9.90. The zero-order valence-electron chi connectivity index (χ0n) is 11.9. The Balaban J connectivity index is 2.26. The molecule has 0 saturated heterocycles. The minimum atomic E-state index is 0.544. The van der Waals surface area contributed by atoms with Crippen molar-refractivity contribution in [3.63, 3.8) is 0 Å². The summed E-state index contributed by atoms with van der Waals surface area (Å²) < 4.78 is 0. The molecule has 1 unspecified atom stereocenters. The van der Waals surface area contributed by atoms with Gasteiger partial charge in [-0.05, 0) is 49.8 Å². The summed E-state index contributed by atoms with van der Waals surface area (Å²) in [5.74, 6) is 0.544. The predicted octanol–water partition coefficient (Wildman–Crippen LogP) is 5.33. The number of aryl methyl sites for hydroxylation is 3. The van der Waals surface area contributed by atoms with Crippen molar-refractivity contribution in [1.29, 1.82) is 0 Å². The van der Waals surface area contributed by atoms with Gasteiger partial charge in [0.2, 0.25) is 0 Å². The minimum Gasteiger partial charge on any atom is -0.0921 e. The molecule has 0 saturated carbocycles. The highest BCUT2D eigenvalue weighted by atomic mass is 79.9. The number of hydrogen-bond acceptors (Lipinski definition) is 0. The summed E-state index contributed by atoms with van der Waals surface area (Å²) in [6.45, 7) is 6.55. The van der Waals surface area contributed by atoms with Crippen molar-refractivity contribution >= 4 is 15.9 Å². The average molecular weight is 317 g/mol. The second-order valence-corrected chi connectivity index (χ2v) is 6.06. The van der Waals surface area contributed by atoms with Gasteiger partial charge in [-0.2, -0.15) is 0 Å². The zero-order chi connectivity index (χ0) is 13.8. The SMILES string of the molecule is Cc1cc(C)cc(CC(CBr)c2ccccc2C)c1. The first-order valence-corrected chi connectivity index (χ1v) is 7.91. The van der Waals surface area contributed by atoms with Gasteiger partial charge in [-0.3, -0.25) is 0 Å². The fraction of sp³-hybridized carbons (Fsp3) is 0.333. The van der Waals surface area contributed by atoms with Crippen molar-refractivity contribution in [1.82, 2.24) is 0 Å². The Labute approximate surface area is 125 Å². The molecule has 0 radical (unpaired) electrons. The summed E-state index contributed by atoms with van der Waals surface area (Å²) in [7, 11) is 0. The number of hydrogen-bond donors (Lipinski definition) is 0. The van der Waals surface area contributed by atoms with E-state index in [0.29, 0.717) is 5.92 Å². The maximum atomic E-state index is 3.68. The highest BCUT2D eigenvalue weighted by molar-refractivity contribution is 9.09. The van der Waals surface area contributed by atoms with E-state index >= 15 is 0 Å². The molecule has 0 amide bonds. The lowest BCUT2D eigenvalue weighted by Crippen LogP contribution is -2.06. The van der Waals surface area contributed by atoms with Crippen LogP contribution in [-0.2, 0) is 6.42 Å². The van der Waals surface area contributed by atoms with Crippen LogP contribution in [0.3, 0.4) is 0 Å². The van der Waals surface area contributed by atoms with Crippen molar-refractivity contribution in [3.05, 3.63) is 70.3 Å². The van der Waals surface area contributed by atoms with E-state index in [1.807, 2.05) is 0 Å². The van der Waals surface area contributed by atoms with Gasteiger partial charge in [0.05, 0.1) is 0 Å². The van der Waals surface area contributed by atoms with Crippen molar-refractivity contribution in [3.8, 4) is 0 Å². The first kappa shape index (κ1) is 14.3. The number of halogens is 1. The molecular weight excluding hydrogens is 296 g/mol. The maximum absolute atomic E-state index is 3.68. The van der Waals surface area contributed by atoms with Crippen LogP contribution in [0.1, 0.15) is 33.7 Å². The van der Waals surface area contributed by atoms with Gasteiger partial charge in [0.1, 0.15) is 0 Å². The van der Waals surface area contributed by atoms with E-state index in [1.54, 1.807) is 0 Å². The summed E-state index contributed by atoms with van der Waals surface area (Å²) in [5, 5.41) is 1.00. The summed E-state index contributed by atoms with van der Waals surface area (Å²) >= 11 is 3.68. The van der Waals surface area contributed by atoms with Gasteiger partial charge in [0, 0.05) is 5.33 Å². The van der Waals surface area contributed by atoms with E-state index in [9.17, 15) is 0 Å². The Bertz CT molecular complexity index is 537. The van der Waals surface area contributed by atoms with Gasteiger partial charge in [-0.1, -0.05) is 69.5 Å². The number of rotatable bonds is 4. The maximum Gasteiger partial charge on any atom is 0.0103 e. The molecule has 19 heavy (non-hydrogen) atoms. The first-order chi connectivity index (χ1) is 9.10. The molecule has 0 aliphatic carbocycles. The quantitative estimate of drug-likeness (QED) is 0.668. The summed E-state index contributed by atoms with van der Waals surface area (Å²) in [4.78, 5) is 0. The third-order valence-corrected chi connectivity index (χ3v) is 4.36. The van der Waals surface area contributed by atoms with Crippen molar-refractivity contribution < 1.29 is 0 Å². The summed E-state index contributed by atoms with van der Waals surface area (Å²) in [6.07, 6.45) is 1.10. The molecule has 0 aliphatic rings. The third kappa shape index (κ3) is 3.70. The van der Waals surface area contributed by atoms with Gasteiger partial charge in [-0.25, -0.2) is 0 Å². The van der Waals surface area contributed by atoms with E-state index in [4.69, 9.17) is 0 Å². The highest BCUT2D eigenvalue weighted by Gasteiger charge is 2.13. The fourth-order valence-electron chi connectivity index (χ4n) is 2.76. The molecule has 1 heteroatoms. The van der Waals surface area contributed by atoms with Crippen LogP contribution in [-0.4, -0.2) is 5.33 Å². The van der Waals surface area contributed by atoms with Gasteiger partial charge >= 0.3 is 0 Å². The van der Waals surface area contributed by atoms with Crippen LogP contribution in [0.25, 0.3) is 0 Å². The molecule has 0 fully saturated rings. The second-order valence-electron chi connectivity index (χ2n) is 5.41. The Morgan fingerprint density at radius 2 is 1.58 bits per heavy atom. The smallest absolute Gasteiger partial charge is 0.0103 e. The monoisotopic (exact) mass is 316 g/mol. The molecule has 2 aromatic carbocycles. The number of benzene rings is 2. The normalized spacial score (nSPS) is 12.4. The van der Waals surface area contributed by atoms with E-state index < -0.39 is 0 Å². The first-order valence-electron chi connectivity index (χ1n) is 6.79. The highest BCUT2D eigenvalue weighted by Crippen LogP contribution is 2.26. The van der Waals surface area contributed by atoms with Crippen molar-refractivity contribution in [2.45, 2.75) is 33.1 Å².